The molecule has 1 aliphatic carbocycles. The molecule has 1 aromatic carbocycles. The van der Waals surface area contributed by atoms with E-state index in [-0.39, 0.29) is 29.6 Å². The van der Waals surface area contributed by atoms with Crippen LogP contribution < -0.4 is 16.0 Å². The molecule has 3 rings (SSSR count). The molecule has 1 atom stereocenters. The van der Waals surface area contributed by atoms with Crippen molar-refractivity contribution in [3.8, 4) is 11.8 Å². The summed E-state index contributed by atoms with van der Waals surface area (Å²) in [5.74, 6) is 6.77. The molecule has 1 heterocycles. The maximum Gasteiger partial charge on any atom is 0.246 e. The van der Waals surface area contributed by atoms with E-state index in [2.05, 4.69) is 37.8 Å². The van der Waals surface area contributed by atoms with Crippen LogP contribution in [-0.2, 0) is 9.59 Å². The topological polar surface area (TPSA) is 102 Å². The number of amides is 2. The number of aromatic nitrogens is 2. The third-order valence-electron chi connectivity index (χ3n) is 6.06. The van der Waals surface area contributed by atoms with Gasteiger partial charge in [0.15, 0.2) is 0 Å². The second-order valence-electron chi connectivity index (χ2n) is 9.27. The summed E-state index contributed by atoms with van der Waals surface area (Å²) in [6.07, 6.45) is 6.39. The number of benzene rings is 1. The Kier molecular flexibility index (Phi) is 9.57. The molecule has 3 N–H and O–H groups in total. The number of hydrogen-bond acceptors (Lipinski definition) is 7. The predicted molar refractivity (Wildman–Crippen MR) is 143 cm³/mol. The van der Waals surface area contributed by atoms with Crippen LogP contribution in [0.2, 0.25) is 0 Å². The molecule has 9 nitrogen and oxygen atoms in total. The molecule has 1 aliphatic rings. The Bertz CT molecular complexity index is 1180. The first kappa shape index (κ1) is 27.6. The Labute approximate surface area is 217 Å². The number of rotatable bonds is 9. The summed E-state index contributed by atoms with van der Waals surface area (Å²) < 4.78 is 13.1. The first-order chi connectivity index (χ1) is 17.7. The van der Waals surface area contributed by atoms with E-state index in [0.29, 0.717) is 29.6 Å². The summed E-state index contributed by atoms with van der Waals surface area (Å²) in [6, 6.07) is 5.40. The highest BCUT2D eigenvalue weighted by molar-refractivity contribution is 5.92. The molecule has 10 heteroatoms. The van der Waals surface area contributed by atoms with E-state index < -0.39 is 6.04 Å². The monoisotopic (exact) mass is 507 g/mol. The van der Waals surface area contributed by atoms with Crippen molar-refractivity contribution in [2.24, 2.45) is 5.92 Å². The van der Waals surface area contributed by atoms with Crippen LogP contribution >= 0.6 is 0 Å². The normalized spacial score (nSPS) is 17.4. The lowest BCUT2D eigenvalue weighted by Crippen LogP contribution is -2.51. The van der Waals surface area contributed by atoms with E-state index in [1.54, 1.807) is 45.4 Å². The summed E-state index contributed by atoms with van der Waals surface area (Å²) in [5, 5.41) is 9.07. The predicted octanol–water partition coefficient (Wildman–Crippen LogP) is 2.61. The van der Waals surface area contributed by atoms with E-state index in [4.69, 9.17) is 0 Å². The third-order valence-corrected chi connectivity index (χ3v) is 6.06. The molecule has 2 aromatic rings. The second kappa shape index (κ2) is 12.8. The SMILES string of the molecule is CNc1nc(Nc2ccc(F)cc2)ncc1C#C[C@H]1C[C@@H](NC(=O)[C@H](C)N(C)C(=O)/C=C/CN(C)C)C1. The van der Waals surface area contributed by atoms with Crippen LogP contribution in [0.5, 0.6) is 0 Å². The summed E-state index contributed by atoms with van der Waals surface area (Å²) in [5.41, 5.74) is 1.34. The fourth-order valence-electron chi connectivity index (χ4n) is 3.59. The second-order valence-corrected chi connectivity index (χ2v) is 9.27. The van der Waals surface area contributed by atoms with Gasteiger partial charge in [0.1, 0.15) is 17.7 Å². The maximum atomic E-state index is 13.1. The highest BCUT2D eigenvalue weighted by Crippen LogP contribution is 2.27. The molecule has 0 saturated heterocycles. The fraction of sp³-hybridized carbons (Fsp3) is 0.407. The van der Waals surface area contributed by atoms with Crippen molar-refractivity contribution in [3.05, 3.63) is 54.0 Å². The molecule has 196 valence electrons. The summed E-state index contributed by atoms with van der Waals surface area (Å²) >= 11 is 0. The van der Waals surface area contributed by atoms with Gasteiger partial charge in [0.25, 0.3) is 0 Å². The van der Waals surface area contributed by atoms with Crippen molar-refractivity contribution in [1.82, 2.24) is 25.1 Å². The maximum absolute atomic E-state index is 13.1. The number of carbonyl (C=O) groups is 2. The van der Waals surface area contributed by atoms with Crippen molar-refractivity contribution >= 4 is 29.3 Å². The van der Waals surface area contributed by atoms with Crippen LogP contribution in [0.25, 0.3) is 0 Å². The number of nitrogens with zero attached hydrogens (tertiary/aromatic N) is 4. The number of halogens is 1. The first-order valence-electron chi connectivity index (χ1n) is 12.1. The van der Waals surface area contributed by atoms with Gasteiger partial charge >= 0.3 is 0 Å². The largest absolute Gasteiger partial charge is 0.372 e. The zero-order chi connectivity index (χ0) is 26.9. The fourth-order valence-corrected chi connectivity index (χ4v) is 3.59. The number of nitrogens with one attached hydrogen (secondary N) is 3. The lowest BCUT2D eigenvalue weighted by molar-refractivity contribution is -0.135. The van der Waals surface area contributed by atoms with Crippen LogP contribution in [0, 0.1) is 23.6 Å². The Hall–Kier alpha value is -3.97. The van der Waals surface area contributed by atoms with Crippen LogP contribution in [0.3, 0.4) is 0 Å². The average molecular weight is 508 g/mol. The Morgan fingerprint density at radius 3 is 2.57 bits per heavy atom. The molecule has 0 bridgehead atoms. The number of hydrogen-bond donors (Lipinski definition) is 3. The smallest absolute Gasteiger partial charge is 0.246 e. The molecule has 0 unspecified atom stereocenters. The van der Waals surface area contributed by atoms with Gasteiger partial charge in [-0.25, -0.2) is 9.37 Å². The van der Waals surface area contributed by atoms with E-state index in [0.717, 1.165) is 12.8 Å². The van der Waals surface area contributed by atoms with Gasteiger partial charge in [-0.3, -0.25) is 9.59 Å². The van der Waals surface area contributed by atoms with E-state index in [1.807, 2.05) is 19.0 Å². The molecule has 0 spiro atoms. The van der Waals surface area contributed by atoms with Gasteiger partial charge in [-0.05, 0) is 58.1 Å². The number of carbonyl (C=O) groups excluding carboxylic acids is 2. The Balaban J connectivity index is 1.49. The minimum absolute atomic E-state index is 0.0318. The van der Waals surface area contributed by atoms with Gasteiger partial charge in [0.05, 0.1) is 11.8 Å². The third kappa shape index (κ3) is 8.02. The van der Waals surface area contributed by atoms with Crippen molar-refractivity contribution < 1.29 is 14.0 Å². The molecule has 0 aliphatic heterocycles. The molecule has 1 fully saturated rings. The lowest BCUT2D eigenvalue weighted by atomic mass is 9.80. The van der Waals surface area contributed by atoms with Crippen molar-refractivity contribution in [2.45, 2.75) is 31.8 Å². The Morgan fingerprint density at radius 2 is 1.92 bits per heavy atom. The molecule has 1 aromatic heterocycles. The molecule has 2 amide bonds. The van der Waals surface area contributed by atoms with E-state index in [9.17, 15) is 14.0 Å². The van der Waals surface area contributed by atoms with Crippen LogP contribution in [0.1, 0.15) is 25.3 Å². The quantitative estimate of drug-likeness (QED) is 0.354. The molecular weight excluding hydrogens is 473 g/mol. The van der Waals surface area contributed by atoms with Crippen molar-refractivity contribution in [3.63, 3.8) is 0 Å². The first-order valence-corrected chi connectivity index (χ1v) is 12.1. The van der Waals surface area contributed by atoms with E-state index in [1.165, 1.54) is 23.1 Å². The van der Waals surface area contributed by atoms with Crippen LogP contribution in [0.15, 0.2) is 42.6 Å². The van der Waals surface area contributed by atoms with Gasteiger partial charge in [0, 0.05) is 44.4 Å². The molecule has 1 saturated carbocycles. The minimum Gasteiger partial charge on any atom is -0.372 e. The van der Waals surface area contributed by atoms with Gasteiger partial charge < -0.3 is 25.8 Å². The van der Waals surface area contributed by atoms with Gasteiger partial charge in [-0.1, -0.05) is 17.9 Å². The molecular formula is C27H34FN7O2. The van der Waals surface area contributed by atoms with Crippen molar-refractivity contribution in [1.29, 1.82) is 0 Å². The van der Waals surface area contributed by atoms with Gasteiger partial charge in [-0.15, -0.1) is 0 Å². The van der Waals surface area contributed by atoms with Crippen molar-refractivity contribution in [2.75, 3.05) is 45.4 Å². The zero-order valence-corrected chi connectivity index (χ0v) is 21.9. The summed E-state index contributed by atoms with van der Waals surface area (Å²) in [7, 11) is 7.22. The van der Waals surface area contributed by atoms with E-state index >= 15 is 0 Å². The molecule has 37 heavy (non-hydrogen) atoms. The number of anilines is 3. The standard InChI is InChI=1S/C27H34FN7O2/c1-18(35(5)24(36)7-6-14-34(3)4)26(37)31-23-15-19(16-23)8-9-20-17-30-27(33-25(20)29-2)32-22-12-10-21(28)11-13-22/h6-7,10-13,17-19,23H,14-16H2,1-5H3,(H,31,37)(H2,29,30,32,33)/b7-6+/t18-,19-,23+/m0/s1. The van der Waals surface area contributed by atoms with Crippen LogP contribution in [0.4, 0.5) is 21.8 Å². The summed E-state index contributed by atoms with van der Waals surface area (Å²) in [4.78, 5) is 37.0. The highest BCUT2D eigenvalue weighted by atomic mass is 19.1. The molecule has 0 radical (unpaired) electrons. The summed E-state index contributed by atoms with van der Waals surface area (Å²) in [6.45, 7) is 2.38. The average Bonchev–Trinajstić information content (AvgIpc) is 2.85. The van der Waals surface area contributed by atoms with Gasteiger partial charge in [-0.2, -0.15) is 4.98 Å². The lowest BCUT2D eigenvalue weighted by Gasteiger charge is -2.34. The minimum atomic E-state index is -0.570. The van der Waals surface area contributed by atoms with Crippen LogP contribution in [-0.4, -0.2) is 78.4 Å². The number of likely N-dealkylation sites (N-methyl/N-ethyl adjacent to an activating group) is 2. The van der Waals surface area contributed by atoms with Gasteiger partial charge in [0.2, 0.25) is 17.8 Å². The Morgan fingerprint density at radius 1 is 1.22 bits per heavy atom. The zero-order valence-electron chi connectivity index (χ0n) is 21.9. The highest BCUT2D eigenvalue weighted by Gasteiger charge is 2.31.